The first-order valence-corrected chi connectivity index (χ1v) is 10.4. The van der Waals surface area contributed by atoms with E-state index in [0.717, 1.165) is 29.6 Å². The fraction of sp³-hybridized carbons (Fsp3) is 0.364. The number of hydrogen-bond donors (Lipinski definition) is 2. The summed E-state index contributed by atoms with van der Waals surface area (Å²) in [7, 11) is 0. The Hall–Kier alpha value is -2.61. The van der Waals surface area contributed by atoms with Crippen LogP contribution in [0.25, 0.3) is 16.7 Å². The maximum absolute atomic E-state index is 13.5. The maximum Gasteiger partial charge on any atom is 0.334 e. The Kier molecular flexibility index (Phi) is 5.94. The van der Waals surface area contributed by atoms with Crippen molar-refractivity contribution in [3.05, 3.63) is 63.5 Å². The molecule has 0 unspecified atom stereocenters. The molecule has 1 saturated heterocycles. The summed E-state index contributed by atoms with van der Waals surface area (Å²) in [6.07, 6.45) is 2.47. The molecule has 30 heavy (non-hydrogen) atoms. The van der Waals surface area contributed by atoms with Gasteiger partial charge in [-0.05, 0) is 55.5 Å². The Morgan fingerprint density at radius 1 is 1.20 bits per heavy atom. The number of rotatable bonds is 6. The highest BCUT2D eigenvalue weighted by molar-refractivity contribution is 6.35. The first-order valence-electron chi connectivity index (χ1n) is 10.0. The van der Waals surface area contributed by atoms with Crippen LogP contribution in [0.2, 0.25) is 5.02 Å². The van der Waals surface area contributed by atoms with E-state index >= 15 is 0 Å². The molecule has 2 aromatic carbocycles. The molecule has 1 aliphatic rings. The highest BCUT2D eigenvalue weighted by Crippen LogP contribution is 2.30. The van der Waals surface area contributed by atoms with Gasteiger partial charge in [0, 0.05) is 19.3 Å². The molecule has 1 aromatic heterocycles. The fourth-order valence-corrected chi connectivity index (χ4v) is 4.27. The van der Waals surface area contributed by atoms with Crippen molar-refractivity contribution in [2.24, 2.45) is 5.73 Å². The minimum Gasteiger partial charge on any atom is -0.480 e. The van der Waals surface area contributed by atoms with Gasteiger partial charge in [-0.15, -0.1) is 0 Å². The monoisotopic (exact) mass is 429 g/mol. The minimum absolute atomic E-state index is 0.0743. The van der Waals surface area contributed by atoms with Gasteiger partial charge in [-0.25, -0.2) is 4.79 Å². The summed E-state index contributed by atoms with van der Waals surface area (Å²) in [5.41, 5.74) is 8.65. The SMILES string of the molecule is N[C@@H](CCc1ccc(-n2c(=O)n(C3CCOCC3)c3cccc(Cl)c32)cc1)C(=O)O. The van der Waals surface area contributed by atoms with E-state index < -0.39 is 12.0 Å². The van der Waals surface area contributed by atoms with Crippen molar-refractivity contribution >= 4 is 28.6 Å². The molecule has 0 amide bonds. The molecule has 2 heterocycles. The van der Waals surface area contributed by atoms with Gasteiger partial charge in [-0.2, -0.15) is 0 Å². The van der Waals surface area contributed by atoms with Gasteiger partial charge in [0.05, 0.1) is 21.7 Å². The maximum atomic E-state index is 13.5. The van der Waals surface area contributed by atoms with Crippen LogP contribution in [-0.2, 0) is 16.0 Å². The molecule has 0 saturated carbocycles. The second kappa shape index (κ2) is 8.63. The predicted octanol–water partition coefficient (Wildman–Crippen LogP) is 3.14. The smallest absolute Gasteiger partial charge is 0.334 e. The number of aromatic nitrogens is 2. The van der Waals surface area contributed by atoms with Crippen LogP contribution < -0.4 is 11.4 Å². The van der Waals surface area contributed by atoms with E-state index in [-0.39, 0.29) is 11.7 Å². The summed E-state index contributed by atoms with van der Waals surface area (Å²) in [4.78, 5) is 24.4. The van der Waals surface area contributed by atoms with Crippen LogP contribution in [0.3, 0.4) is 0 Å². The standard InChI is InChI=1S/C22H24ClN3O4/c23-17-2-1-3-19-20(17)26(22(29)25(19)16-10-12-30-13-11-16)15-7-4-14(5-8-15)6-9-18(24)21(27)28/h1-5,7-8,16,18H,6,9-13,24H2,(H,27,28)/t18-/m0/s1. The molecule has 1 aliphatic heterocycles. The van der Waals surface area contributed by atoms with Gasteiger partial charge in [0.2, 0.25) is 0 Å². The molecule has 0 aliphatic carbocycles. The first-order chi connectivity index (χ1) is 14.5. The number of fused-ring (bicyclic) bond motifs is 1. The Labute approximate surface area is 178 Å². The van der Waals surface area contributed by atoms with E-state index in [1.54, 1.807) is 10.6 Å². The van der Waals surface area contributed by atoms with Gasteiger partial charge in [0.25, 0.3) is 0 Å². The number of carboxylic acid groups (broad SMARTS) is 1. The highest BCUT2D eigenvalue weighted by atomic mass is 35.5. The number of aryl methyl sites for hydroxylation is 1. The molecule has 3 aromatic rings. The largest absolute Gasteiger partial charge is 0.480 e. The van der Waals surface area contributed by atoms with Crippen molar-refractivity contribution in [1.29, 1.82) is 0 Å². The molecule has 1 atom stereocenters. The zero-order valence-corrected chi connectivity index (χ0v) is 17.2. The fourth-order valence-electron chi connectivity index (χ4n) is 4.02. The number of carboxylic acids is 1. The molecular weight excluding hydrogens is 406 g/mol. The van der Waals surface area contributed by atoms with E-state index in [1.165, 1.54) is 0 Å². The third-order valence-corrected chi connectivity index (χ3v) is 5.96. The summed E-state index contributed by atoms with van der Waals surface area (Å²) in [5, 5.41) is 9.45. The van der Waals surface area contributed by atoms with Crippen molar-refractivity contribution < 1.29 is 14.6 Å². The van der Waals surface area contributed by atoms with Gasteiger partial charge >= 0.3 is 11.7 Å². The van der Waals surface area contributed by atoms with Gasteiger partial charge in [0.1, 0.15) is 6.04 Å². The minimum atomic E-state index is -1.01. The molecule has 3 N–H and O–H groups in total. The Morgan fingerprint density at radius 2 is 1.90 bits per heavy atom. The predicted molar refractivity (Wildman–Crippen MR) is 116 cm³/mol. The average Bonchev–Trinajstić information content (AvgIpc) is 3.06. The van der Waals surface area contributed by atoms with Crippen LogP contribution in [0.1, 0.15) is 30.9 Å². The number of aliphatic carboxylic acids is 1. The number of imidazole rings is 1. The second-order valence-corrected chi connectivity index (χ2v) is 8.00. The first kappa shape index (κ1) is 20.7. The number of para-hydroxylation sites is 1. The van der Waals surface area contributed by atoms with Crippen molar-refractivity contribution in [1.82, 2.24) is 9.13 Å². The second-order valence-electron chi connectivity index (χ2n) is 7.59. The van der Waals surface area contributed by atoms with E-state index in [9.17, 15) is 9.59 Å². The quantitative estimate of drug-likeness (QED) is 0.627. The van der Waals surface area contributed by atoms with Crippen molar-refractivity contribution in [2.75, 3.05) is 13.2 Å². The van der Waals surface area contributed by atoms with Gasteiger partial charge in [-0.3, -0.25) is 13.9 Å². The Morgan fingerprint density at radius 3 is 2.57 bits per heavy atom. The number of hydrogen-bond acceptors (Lipinski definition) is 4. The summed E-state index contributed by atoms with van der Waals surface area (Å²) in [6.45, 7) is 1.27. The van der Waals surface area contributed by atoms with E-state index in [1.807, 2.05) is 41.0 Å². The zero-order chi connectivity index (χ0) is 21.3. The van der Waals surface area contributed by atoms with Crippen LogP contribution in [0.15, 0.2) is 47.3 Å². The molecule has 0 radical (unpaired) electrons. The Bertz CT molecular complexity index is 1110. The lowest BCUT2D eigenvalue weighted by molar-refractivity contribution is -0.138. The van der Waals surface area contributed by atoms with Gasteiger partial charge in [0.15, 0.2) is 0 Å². The zero-order valence-electron chi connectivity index (χ0n) is 16.5. The third-order valence-electron chi connectivity index (χ3n) is 5.66. The summed E-state index contributed by atoms with van der Waals surface area (Å²) in [5.74, 6) is -1.01. The summed E-state index contributed by atoms with van der Waals surface area (Å²) >= 11 is 6.51. The van der Waals surface area contributed by atoms with Crippen LogP contribution in [0, 0.1) is 0 Å². The third kappa shape index (κ3) is 3.88. The van der Waals surface area contributed by atoms with Gasteiger partial charge in [-0.1, -0.05) is 29.8 Å². The number of carbonyl (C=O) groups is 1. The normalized spacial score (nSPS) is 16.1. The van der Waals surface area contributed by atoms with Crippen molar-refractivity contribution in [3.8, 4) is 5.69 Å². The number of nitrogens with zero attached hydrogens (tertiary/aromatic N) is 2. The highest BCUT2D eigenvalue weighted by Gasteiger charge is 2.24. The van der Waals surface area contributed by atoms with Crippen molar-refractivity contribution in [2.45, 2.75) is 37.8 Å². The molecule has 1 fully saturated rings. The topological polar surface area (TPSA) is 99.5 Å². The summed E-state index contributed by atoms with van der Waals surface area (Å²) < 4.78 is 8.95. The molecule has 0 spiro atoms. The number of halogens is 1. The van der Waals surface area contributed by atoms with Crippen LogP contribution in [0.4, 0.5) is 0 Å². The molecule has 158 valence electrons. The van der Waals surface area contributed by atoms with Crippen molar-refractivity contribution in [3.63, 3.8) is 0 Å². The Balaban J connectivity index is 1.73. The molecule has 8 heteroatoms. The molecule has 4 rings (SSSR count). The van der Waals surface area contributed by atoms with E-state index in [4.69, 9.17) is 27.2 Å². The number of benzene rings is 2. The molecule has 0 bridgehead atoms. The lowest BCUT2D eigenvalue weighted by atomic mass is 10.1. The summed E-state index contributed by atoms with van der Waals surface area (Å²) in [6, 6.07) is 12.3. The number of ether oxygens (including phenoxy) is 1. The van der Waals surface area contributed by atoms with E-state index in [2.05, 4.69) is 0 Å². The van der Waals surface area contributed by atoms with Crippen LogP contribution in [-0.4, -0.2) is 39.5 Å². The molecular formula is C22H24ClN3O4. The van der Waals surface area contributed by atoms with Gasteiger partial charge < -0.3 is 15.6 Å². The molecule has 7 nitrogen and oxygen atoms in total. The lowest BCUT2D eigenvalue weighted by Crippen LogP contribution is -2.30. The average molecular weight is 430 g/mol. The van der Waals surface area contributed by atoms with Crippen LogP contribution >= 0.6 is 11.6 Å². The lowest BCUT2D eigenvalue weighted by Gasteiger charge is -2.23. The van der Waals surface area contributed by atoms with E-state index in [0.29, 0.717) is 36.6 Å². The van der Waals surface area contributed by atoms with Crippen LogP contribution in [0.5, 0.6) is 0 Å². The number of nitrogens with two attached hydrogens (primary N) is 1.